The number of halogens is 1. The third-order valence-electron chi connectivity index (χ3n) is 1.72. The first-order valence-electron chi connectivity index (χ1n) is 3.78. The van der Waals surface area contributed by atoms with Crippen LogP contribution >= 0.6 is 15.9 Å². The molecule has 0 fully saturated rings. The molecule has 0 radical (unpaired) electrons. The molecule has 2 aromatic heterocycles. The van der Waals surface area contributed by atoms with Crippen LogP contribution in [-0.4, -0.2) is 21.6 Å². The van der Waals surface area contributed by atoms with Crippen LogP contribution in [0.3, 0.4) is 0 Å². The Morgan fingerprint density at radius 2 is 2.46 bits per heavy atom. The van der Waals surface area contributed by atoms with Crippen molar-refractivity contribution in [3.05, 3.63) is 23.1 Å². The van der Waals surface area contributed by atoms with E-state index in [2.05, 4.69) is 25.9 Å². The molecule has 0 aromatic carbocycles. The molecule has 0 spiro atoms. The highest BCUT2D eigenvalue weighted by Gasteiger charge is 2.07. The molecule has 0 aliphatic rings. The summed E-state index contributed by atoms with van der Waals surface area (Å²) in [6.45, 7) is 0.452. The summed E-state index contributed by atoms with van der Waals surface area (Å²) in [6, 6.07) is 3.78. The van der Waals surface area contributed by atoms with Gasteiger partial charge in [0, 0.05) is 13.3 Å². The largest absolute Gasteiger partial charge is 0.364 e. The average molecular weight is 242 g/mol. The molecule has 4 nitrogen and oxygen atoms in total. The van der Waals surface area contributed by atoms with Crippen LogP contribution in [0.5, 0.6) is 0 Å². The zero-order valence-corrected chi connectivity index (χ0v) is 8.65. The smallest absolute Gasteiger partial charge is 0.181 e. The molecule has 68 valence electrons. The highest BCUT2D eigenvalue weighted by Crippen LogP contribution is 2.17. The number of fused-ring (bicyclic) bond motifs is 1. The molecule has 0 bridgehead atoms. The third-order valence-corrected chi connectivity index (χ3v) is 2.32. The molecule has 13 heavy (non-hydrogen) atoms. The Bertz CT molecular complexity index is 426. The first-order valence-corrected chi connectivity index (χ1v) is 4.58. The lowest BCUT2D eigenvalue weighted by Gasteiger charge is -2.01. The van der Waals surface area contributed by atoms with E-state index in [1.807, 2.05) is 16.7 Å². The molecule has 0 N–H and O–H groups in total. The quantitative estimate of drug-likeness (QED) is 0.806. The fourth-order valence-corrected chi connectivity index (χ4v) is 1.64. The molecule has 0 unspecified atom stereocenters. The monoisotopic (exact) mass is 241 g/mol. The first-order chi connectivity index (χ1) is 6.33. The van der Waals surface area contributed by atoms with E-state index in [4.69, 9.17) is 4.74 Å². The van der Waals surface area contributed by atoms with Gasteiger partial charge in [0.25, 0.3) is 0 Å². The summed E-state index contributed by atoms with van der Waals surface area (Å²) < 4.78 is 7.62. The number of rotatable bonds is 2. The molecule has 0 aliphatic heterocycles. The van der Waals surface area contributed by atoms with Gasteiger partial charge in [0.2, 0.25) is 0 Å². The molecule has 0 atom stereocenters. The first kappa shape index (κ1) is 8.65. The minimum absolute atomic E-state index is 0.452. The maximum atomic E-state index is 5.03. The summed E-state index contributed by atoms with van der Waals surface area (Å²) in [5, 5.41) is 0. The summed E-state index contributed by atoms with van der Waals surface area (Å²) in [7, 11) is 1.64. The van der Waals surface area contributed by atoms with E-state index in [0.717, 1.165) is 15.9 Å². The van der Waals surface area contributed by atoms with Crippen molar-refractivity contribution in [3.63, 3.8) is 0 Å². The van der Waals surface area contributed by atoms with E-state index in [1.54, 1.807) is 13.3 Å². The fraction of sp³-hybridized carbons (Fsp3) is 0.250. The molecular weight excluding hydrogens is 234 g/mol. The van der Waals surface area contributed by atoms with E-state index >= 15 is 0 Å². The van der Waals surface area contributed by atoms with Crippen LogP contribution in [0.1, 0.15) is 0 Å². The topological polar surface area (TPSA) is 39.9 Å². The van der Waals surface area contributed by atoms with Gasteiger partial charge in [-0.25, -0.2) is 9.97 Å². The zero-order valence-electron chi connectivity index (χ0n) is 7.07. The van der Waals surface area contributed by atoms with Crippen molar-refractivity contribution >= 4 is 27.1 Å². The summed E-state index contributed by atoms with van der Waals surface area (Å²) in [4.78, 5) is 8.48. The molecule has 0 saturated carbocycles. The predicted molar refractivity (Wildman–Crippen MR) is 52.2 cm³/mol. The van der Waals surface area contributed by atoms with Crippen LogP contribution in [0.4, 0.5) is 0 Å². The van der Waals surface area contributed by atoms with E-state index in [9.17, 15) is 0 Å². The third kappa shape index (κ3) is 1.45. The molecule has 2 aromatic rings. The Kier molecular flexibility index (Phi) is 2.28. The van der Waals surface area contributed by atoms with Gasteiger partial charge in [0.05, 0.1) is 0 Å². The summed E-state index contributed by atoms with van der Waals surface area (Å²) in [6.07, 6.45) is 1.74. The lowest BCUT2D eigenvalue weighted by atomic mass is 10.4. The maximum absolute atomic E-state index is 5.03. The molecule has 2 heterocycles. The van der Waals surface area contributed by atoms with Gasteiger partial charge in [-0.3, -0.25) is 4.57 Å². The van der Waals surface area contributed by atoms with Crippen LogP contribution in [0.15, 0.2) is 23.1 Å². The lowest BCUT2D eigenvalue weighted by molar-refractivity contribution is 0.132. The van der Waals surface area contributed by atoms with Gasteiger partial charge in [0.1, 0.15) is 12.2 Å². The van der Waals surface area contributed by atoms with Crippen molar-refractivity contribution < 1.29 is 4.74 Å². The zero-order chi connectivity index (χ0) is 9.26. The summed E-state index contributed by atoms with van der Waals surface area (Å²) in [5.74, 6) is 0. The lowest BCUT2D eigenvalue weighted by Crippen LogP contribution is -2.00. The highest BCUT2D eigenvalue weighted by molar-refractivity contribution is 9.10. The normalized spacial score (nSPS) is 10.9. The average Bonchev–Trinajstić information content (AvgIpc) is 2.44. The number of imidazole rings is 1. The minimum atomic E-state index is 0.452. The Labute approximate surface area is 83.7 Å². The number of hydrogen-bond donors (Lipinski definition) is 0. The Morgan fingerprint density at radius 3 is 3.23 bits per heavy atom. The SMILES string of the molecule is COCn1c(Br)nc2cccnc21. The Morgan fingerprint density at radius 1 is 1.62 bits per heavy atom. The van der Waals surface area contributed by atoms with Crippen molar-refractivity contribution in [1.82, 2.24) is 14.5 Å². The van der Waals surface area contributed by atoms with E-state index in [1.165, 1.54) is 0 Å². The number of ether oxygens (including phenoxy) is 1. The van der Waals surface area contributed by atoms with Gasteiger partial charge in [-0.1, -0.05) is 0 Å². The Hall–Kier alpha value is -0.940. The van der Waals surface area contributed by atoms with Crippen molar-refractivity contribution in [2.45, 2.75) is 6.73 Å². The van der Waals surface area contributed by atoms with Crippen LogP contribution in [0.25, 0.3) is 11.2 Å². The van der Waals surface area contributed by atoms with Gasteiger partial charge in [-0.2, -0.15) is 0 Å². The minimum Gasteiger partial charge on any atom is -0.364 e. The van der Waals surface area contributed by atoms with Crippen LogP contribution in [0, 0.1) is 0 Å². The molecule has 5 heteroatoms. The molecule has 0 amide bonds. The van der Waals surface area contributed by atoms with Crippen LogP contribution in [-0.2, 0) is 11.5 Å². The van der Waals surface area contributed by atoms with Crippen LogP contribution in [0.2, 0.25) is 0 Å². The van der Waals surface area contributed by atoms with Crippen LogP contribution < -0.4 is 0 Å². The maximum Gasteiger partial charge on any atom is 0.181 e. The molecule has 0 saturated heterocycles. The standard InChI is InChI=1S/C8H8BrN3O/c1-13-5-12-7-6(11-8(12)9)3-2-4-10-7/h2-4H,5H2,1H3. The number of pyridine rings is 1. The molecule has 0 aliphatic carbocycles. The van der Waals surface area contributed by atoms with Crippen molar-refractivity contribution in [1.29, 1.82) is 0 Å². The molecule has 2 rings (SSSR count). The Balaban J connectivity index is 2.64. The van der Waals surface area contributed by atoms with E-state index < -0.39 is 0 Å². The second kappa shape index (κ2) is 3.43. The van der Waals surface area contributed by atoms with Gasteiger partial charge < -0.3 is 4.74 Å². The number of methoxy groups -OCH3 is 1. The van der Waals surface area contributed by atoms with Gasteiger partial charge in [0.15, 0.2) is 10.4 Å². The van der Waals surface area contributed by atoms with Gasteiger partial charge in [-0.15, -0.1) is 0 Å². The van der Waals surface area contributed by atoms with Crippen molar-refractivity contribution in [3.8, 4) is 0 Å². The summed E-state index contributed by atoms with van der Waals surface area (Å²) in [5.41, 5.74) is 1.70. The second-order valence-electron chi connectivity index (χ2n) is 2.57. The van der Waals surface area contributed by atoms with Gasteiger partial charge >= 0.3 is 0 Å². The fourth-order valence-electron chi connectivity index (χ4n) is 1.17. The molecular formula is C8H8BrN3O. The predicted octanol–water partition coefficient (Wildman–Crippen LogP) is 1.80. The van der Waals surface area contributed by atoms with Crippen molar-refractivity contribution in [2.75, 3.05) is 7.11 Å². The number of aromatic nitrogens is 3. The number of hydrogen-bond acceptors (Lipinski definition) is 3. The van der Waals surface area contributed by atoms with Crippen molar-refractivity contribution in [2.24, 2.45) is 0 Å². The van der Waals surface area contributed by atoms with E-state index in [0.29, 0.717) is 6.73 Å². The van der Waals surface area contributed by atoms with Gasteiger partial charge in [-0.05, 0) is 28.1 Å². The summed E-state index contributed by atoms with van der Waals surface area (Å²) >= 11 is 3.34. The highest BCUT2D eigenvalue weighted by atomic mass is 79.9. The van der Waals surface area contributed by atoms with E-state index in [-0.39, 0.29) is 0 Å². The number of nitrogens with zero attached hydrogens (tertiary/aromatic N) is 3. The second-order valence-corrected chi connectivity index (χ2v) is 3.28.